The summed E-state index contributed by atoms with van der Waals surface area (Å²) in [5.74, 6) is 5.05. The molecule has 0 aliphatic carbocycles. The Balaban J connectivity index is 3.14. The van der Waals surface area contributed by atoms with Crippen LogP contribution in [-0.4, -0.2) is 18.1 Å². The Bertz CT molecular complexity index is 44.2. The van der Waals surface area contributed by atoms with Gasteiger partial charge < -0.3 is 0 Å². The van der Waals surface area contributed by atoms with Crippen LogP contribution < -0.4 is 11.4 Å². The van der Waals surface area contributed by atoms with E-state index in [1.807, 2.05) is 12.1 Å². The molecule has 0 aromatic rings. The van der Waals surface area contributed by atoms with E-state index in [-0.39, 0.29) is 0 Å². The molecular weight excluding hydrogens is 90.1 g/mol. The van der Waals surface area contributed by atoms with Gasteiger partial charge in [0.05, 0.1) is 0 Å². The monoisotopic (exact) mass is 103 g/mol. The van der Waals surface area contributed by atoms with E-state index in [1.54, 1.807) is 0 Å². The smallest absolute Gasteiger partial charge is 0.0197 e. The van der Waals surface area contributed by atoms with Crippen molar-refractivity contribution in [2.45, 2.75) is 19.9 Å². The molecule has 3 N–H and O–H groups in total. The minimum absolute atomic E-state index is 0.463. The first-order valence-electron chi connectivity index (χ1n) is 2.37. The van der Waals surface area contributed by atoms with E-state index < -0.39 is 0 Å². The highest BCUT2D eigenvalue weighted by atomic mass is 15.6. The zero-order valence-corrected chi connectivity index (χ0v) is 5.10. The standard InChI is InChI=1S/C4H13N3/c1-4(2)7(3)6-5/h4,6H,5H2,1-3H3. The lowest BCUT2D eigenvalue weighted by Crippen LogP contribution is -2.43. The van der Waals surface area contributed by atoms with Crippen LogP contribution >= 0.6 is 0 Å². The van der Waals surface area contributed by atoms with Crippen molar-refractivity contribution in [2.24, 2.45) is 5.84 Å². The number of hydrazine groups is 2. The van der Waals surface area contributed by atoms with Crippen LogP contribution in [0.4, 0.5) is 0 Å². The first-order chi connectivity index (χ1) is 3.18. The summed E-state index contributed by atoms with van der Waals surface area (Å²) in [4.78, 5) is 0. The molecule has 0 spiro atoms. The van der Waals surface area contributed by atoms with Crippen molar-refractivity contribution < 1.29 is 0 Å². The highest BCUT2D eigenvalue weighted by Gasteiger charge is 1.95. The topological polar surface area (TPSA) is 41.3 Å². The van der Waals surface area contributed by atoms with Gasteiger partial charge in [-0.05, 0) is 13.8 Å². The molecule has 44 valence electrons. The van der Waals surface area contributed by atoms with Crippen LogP contribution in [-0.2, 0) is 0 Å². The fourth-order valence-corrected chi connectivity index (χ4v) is 0.149. The molecular formula is C4H13N3. The molecule has 0 aromatic carbocycles. The largest absolute Gasteiger partial charge is 0.258 e. The quantitative estimate of drug-likeness (QED) is 0.372. The predicted molar refractivity (Wildman–Crippen MR) is 30.2 cm³/mol. The molecule has 0 saturated heterocycles. The highest BCUT2D eigenvalue weighted by Crippen LogP contribution is 1.83. The van der Waals surface area contributed by atoms with E-state index in [1.165, 1.54) is 0 Å². The first-order valence-corrected chi connectivity index (χ1v) is 2.37. The maximum Gasteiger partial charge on any atom is 0.0197 e. The summed E-state index contributed by atoms with van der Waals surface area (Å²) >= 11 is 0. The van der Waals surface area contributed by atoms with Crippen LogP contribution in [0, 0.1) is 0 Å². The summed E-state index contributed by atoms with van der Waals surface area (Å²) in [7, 11) is 1.89. The third kappa shape index (κ3) is 2.56. The highest BCUT2D eigenvalue weighted by molar-refractivity contribution is 4.45. The van der Waals surface area contributed by atoms with E-state index in [9.17, 15) is 0 Å². The van der Waals surface area contributed by atoms with Gasteiger partial charge in [-0.2, -0.15) is 5.53 Å². The number of nitrogens with zero attached hydrogens (tertiary/aromatic N) is 1. The van der Waals surface area contributed by atoms with E-state index >= 15 is 0 Å². The van der Waals surface area contributed by atoms with Crippen molar-refractivity contribution >= 4 is 0 Å². The van der Waals surface area contributed by atoms with Crippen molar-refractivity contribution in [3.05, 3.63) is 0 Å². The van der Waals surface area contributed by atoms with E-state index in [2.05, 4.69) is 19.4 Å². The molecule has 0 heterocycles. The van der Waals surface area contributed by atoms with Crippen LogP contribution in [0.5, 0.6) is 0 Å². The average molecular weight is 103 g/mol. The van der Waals surface area contributed by atoms with Crippen molar-refractivity contribution in [3.63, 3.8) is 0 Å². The zero-order chi connectivity index (χ0) is 5.86. The zero-order valence-electron chi connectivity index (χ0n) is 5.10. The van der Waals surface area contributed by atoms with Crippen LogP contribution in [0.3, 0.4) is 0 Å². The van der Waals surface area contributed by atoms with Gasteiger partial charge in [-0.15, -0.1) is 0 Å². The number of hydrogen-bond acceptors (Lipinski definition) is 3. The number of rotatable bonds is 2. The molecule has 7 heavy (non-hydrogen) atoms. The molecule has 3 nitrogen and oxygen atoms in total. The summed E-state index contributed by atoms with van der Waals surface area (Å²) in [6.45, 7) is 4.11. The molecule has 0 aromatic heterocycles. The SMILES string of the molecule is CC(C)N(C)NN. The maximum atomic E-state index is 5.05. The molecule has 0 saturated carbocycles. The lowest BCUT2D eigenvalue weighted by atomic mass is 10.4. The third-order valence-corrected chi connectivity index (χ3v) is 0.978. The summed E-state index contributed by atoms with van der Waals surface area (Å²) in [5, 5.41) is 1.82. The van der Waals surface area contributed by atoms with Gasteiger partial charge in [0.1, 0.15) is 0 Å². The van der Waals surface area contributed by atoms with Gasteiger partial charge in [0.2, 0.25) is 0 Å². The van der Waals surface area contributed by atoms with Gasteiger partial charge in [-0.3, -0.25) is 5.84 Å². The van der Waals surface area contributed by atoms with Gasteiger partial charge in [0.15, 0.2) is 0 Å². The Morgan fingerprint density at radius 2 is 2.00 bits per heavy atom. The molecule has 0 fully saturated rings. The third-order valence-electron chi connectivity index (χ3n) is 0.978. The van der Waals surface area contributed by atoms with Crippen LogP contribution in [0.2, 0.25) is 0 Å². The van der Waals surface area contributed by atoms with Gasteiger partial charge in [-0.25, -0.2) is 5.01 Å². The summed E-state index contributed by atoms with van der Waals surface area (Å²) in [6, 6.07) is 0.463. The van der Waals surface area contributed by atoms with Crippen LogP contribution in [0.25, 0.3) is 0 Å². The first kappa shape index (κ1) is 6.88. The Morgan fingerprint density at radius 1 is 1.57 bits per heavy atom. The van der Waals surface area contributed by atoms with Gasteiger partial charge in [0, 0.05) is 13.1 Å². The van der Waals surface area contributed by atoms with Crippen molar-refractivity contribution in [1.82, 2.24) is 10.5 Å². The Hall–Kier alpha value is -0.120. The molecule has 0 aliphatic rings. The van der Waals surface area contributed by atoms with E-state index in [0.29, 0.717) is 6.04 Å². The number of hydrogen-bond donors (Lipinski definition) is 2. The Kier molecular flexibility index (Phi) is 2.91. The van der Waals surface area contributed by atoms with E-state index in [0.717, 1.165) is 0 Å². The van der Waals surface area contributed by atoms with Crippen LogP contribution in [0.1, 0.15) is 13.8 Å². The number of nitrogens with two attached hydrogens (primary N) is 1. The maximum absolute atomic E-state index is 5.05. The second-order valence-electron chi connectivity index (χ2n) is 1.83. The molecule has 0 bridgehead atoms. The van der Waals surface area contributed by atoms with Crippen LogP contribution in [0.15, 0.2) is 0 Å². The lowest BCUT2D eigenvalue weighted by molar-refractivity contribution is 0.189. The molecule has 0 atom stereocenters. The molecule has 0 aliphatic heterocycles. The van der Waals surface area contributed by atoms with Crippen molar-refractivity contribution in [3.8, 4) is 0 Å². The molecule has 0 unspecified atom stereocenters. The second kappa shape index (κ2) is 2.96. The fourth-order valence-electron chi connectivity index (χ4n) is 0.149. The van der Waals surface area contributed by atoms with E-state index in [4.69, 9.17) is 5.84 Å². The summed E-state index contributed by atoms with van der Waals surface area (Å²) in [5.41, 5.74) is 2.50. The molecule has 0 rings (SSSR count). The fraction of sp³-hybridized carbons (Fsp3) is 1.00. The number of nitrogens with one attached hydrogen (secondary N) is 1. The second-order valence-corrected chi connectivity index (χ2v) is 1.83. The normalized spacial score (nSPS) is 11.1. The minimum Gasteiger partial charge on any atom is -0.258 e. The molecule has 0 radical (unpaired) electrons. The summed E-state index contributed by atoms with van der Waals surface area (Å²) < 4.78 is 0. The lowest BCUT2D eigenvalue weighted by Gasteiger charge is -2.17. The predicted octanol–water partition coefficient (Wildman–Crippen LogP) is -0.295. The van der Waals surface area contributed by atoms with Gasteiger partial charge >= 0.3 is 0 Å². The van der Waals surface area contributed by atoms with Crippen molar-refractivity contribution in [1.29, 1.82) is 0 Å². The Labute approximate surface area is 44.4 Å². The molecule has 0 amide bonds. The molecule has 3 heteroatoms. The van der Waals surface area contributed by atoms with Gasteiger partial charge in [-0.1, -0.05) is 0 Å². The summed E-state index contributed by atoms with van der Waals surface area (Å²) in [6.07, 6.45) is 0. The average Bonchev–Trinajstić information content (AvgIpc) is 1.65. The van der Waals surface area contributed by atoms with Gasteiger partial charge in [0.25, 0.3) is 0 Å². The van der Waals surface area contributed by atoms with Crippen molar-refractivity contribution in [2.75, 3.05) is 7.05 Å². The minimum atomic E-state index is 0.463. The Morgan fingerprint density at radius 3 is 2.00 bits per heavy atom.